The van der Waals surface area contributed by atoms with Gasteiger partial charge in [0.1, 0.15) is 0 Å². The summed E-state index contributed by atoms with van der Waals surface area (Å²) in [6.45, 7) is 4.36. The minimum Gasteiger partial charge on any atom is -0.455 e. The lowest BCUT2D eigenvalue weighted by molar-refractivity contribution is -0.196. The molecule has 4 aliphatic rings. The molecule has 28 heavy (non-hydrogen) atoms. The number of ether oxygens (including phenoxy) is 1. The molecule has 5 heteroatoms. The monoisotopic (exact) mass is 385 g/mol. The van der Waals surface area contributed by atoms with Gasteiger partial charge in [-0.3, -0.25) is 9.59 Å². The number of hydrogen-bond donors (Lipinski definition) is 1. The summed E-state index contributed by atoms with van der Waals surface area (Å²) in [6, 6.07) is 6.18. The molecule has 0 aliphatic heterocycles. The number of esters is 1. The van der Waals surface area contributed by atoms with Gasteiger partial charge in [-0.15, -0.1) is 0 Å². The summed E-state index contributed by atoms with van der Waals surface area (Å²) in [5.41, 5.74) is 2.16. The third-order valence-corrected chi connectivity index (χ3v) is 7.12. The molecule has 0 heterocycles. The molecule has 1 aromatic carbocycles. The van der Waals surface area contributed by atoms with E-state index in [9.17, 15) is 14.7 Å². The second-order valence-corrected chi connectivity index (χ2v) is 9.72. The smallest absolute Gasteiger partial charge is 0.312 e. The molecule has 4 bridgehead atoms. The zero-order chi connectivity index (χ0) is 20.1. The summed E-state index contributed by atoms with van der Waals surface area (Å²) in [4.78, 5) is 27.0. The lowest BCUT2D eigenvalue weighted by atomic mass is 9.48. The molecule has 4 aliphatic carbocycles. The van der Waals surface area contributed by atoms with Gasteiger partial charge in [0.25, 0.3) is 5.91 Å². The summed E-state index contributed by atoms with van der Waals surface area (Å²) in [7, 11) is 1.74. The van der Waals surface area contributed by atoms with E-state index in [1.54, 1.807) is 11.9 Å². The summed E-state index contributed by atoms with van der Waals surface area (Å²) in [5, 5.41) is 10.8. The molecule has 0 radical (unpaired) electrons. The first-order valence-corrected chi connectivity index (χ1v) is 10.4. The van der Waals surface area contributed by atoms with Crippen molar-refractivity contribution in [3.05, 3.63) is 34.9 Å². The molecular formula is C23H31NO4. The predicted octanol–water partition coefficient (Wildman–Crippen LogP) is 3.14. The van der Waals surface area contributed by atoms with E-state index < -0.39 is 11.0 Å². The Balaban J connectivity index is 1.35. The number of carbonyl (C=O) groups excluding carboxylic acids is 2. The van der Waals surface area contributed by atoms with E-state index in [1.165, 1.54) is 5.56 Å². The van der Waals surface area contributed by atoms with Crippen LogP contribution in [0.2, 0.25) is 0 Å². The maximum atomic E-state index is 12.9. The quantitative estimate of drug-likeness (QED) is 0.791. The highest BCUT2D eigenvalue weighted by Gasteiger charge is 2.60. The Kier molecular flexibility index (Phi) is 4.77. The van der Waals surface area contributed by atoms with Crippen LogP contribution in [0.1, 0.15) is 55.2 Å². The first-order valence-electron chi connectivity index (χ1n) is 10.4. The van der Waals surface area contributed by atoms with Gasteiger partial charge in [0.05, 0.1) is 11.0 Å². The third kappa shape index (κ3) is 3.57. The maximum absolute atomic E-state index is 12.9. The fourth-order valence-corrected chi connectivity index (χ4v) is 6.21. The van der Waals surface area contributed by atoms with Gasteiger partial charge >= 0.3 is 5.97 Å². The highest BCUT2D eigenvalue weighted by Crippen LogP contribution is 2.61. The van der Waals surface area contributed by atoms with Gasteiger partial charge in [0.2, 0.25) is 0 Å². The van der Waals surface area contributed by atoms with Crippen molar-refractivity contribution in [1.82, 2.24) is 4.90 Å². The SMILES string of the molecule is Cc1ccc(CN(C)C(=O)COC(=O)C23C[C@@H]4C[C@@H](CC(O)(C4)C2)C3)c(C)c1. The van der Waals surface area contributed by atoms with Crippen molar-refractivity contribution in [1.29, 1.82) is 0 Å². The Morgan fingerprint density at radius 3 is 2.46 bits per heavy atom. The molecule has 5 nitrogen and oxygen atoms in total. The van der Waals surface area contributed by atoms with Gasteiger partial charge < -0.3 is 14.7 Å². The Morgan fingerprint density at radius 2 is 1.86 bits per heavy atom. The van der Waals surface area contributed by atoms with Crippen molar-refractivity contribution in [2.45, 2.75) is 64.5 Å². The van der Waals surface area contributed by atoms with E-state index in [-0.39, 0.29) is 18.5 Å². The molecule has 4 saturated carbocycles. The van der Waals surface area contributed by atoms with Crippen molar-refractivity contribution in [2.75, 3.05) is 13.7 Å². The molecule has 0 saturated heterocycles. The second-order valence-electron chi connectivity index (χ2n) is 9.72. The maximum Gasteiger partial charge on any atom is 0.312 e. The van der Waals surface area contributed by atoms with Crippen LogP contribution in [-0.4, -0.2) is 41.1 Å². The molecule has 0 aromatic heterocycles. The van der Waals surface area contributed by atoms with E-state index in [2.05, 4.69) is 6.07 Å². The average Bonchev–Trinajstić information content (AvgIpc) is 2.59. The van der Waals surface area contributed by atoms with Crippen LogP contribution in [0.15, 0.2) is 18.2 Å². The number of rotatable bonds is 5. The Bertz CT molecular complexity index is 788. The standard InChI is InChI=1S/C23H31NO4/c1-15-4-5-19(16(2)6-15)12-24(3)20(25)13-28-21(26)22-8-17-7-18(9-22)11-23(27,10-17)14-22/h4-6,17-18,27H,7-14H2,1-3H3/t17-,18+,22?,23?. The second kappa shape index (κ2) is 6.87. The van der Waals surface area contributed by atoms with Gasteiger partial charge in [-0.1, -0.05) is 23.8 Å². The van der Waals surface area contributed by atoms with Crippen LogP contribution in [0.25, 0.3) is 0 Å². The molecule has 4 atom stereocenters. The highest BCUT2D eigenvalue weighted by atomic mass is 16.5. The largest absolute Gasteiger partial charge is 0.455 e. The summed E-state index contributed by atoms with van der Waals surface area (Å²) >= 11 is 0. The number of benzene rings is 1. The van der Waals surface area contributed by atoms with E-state index >= 15 is 0 Å². The first kappa shape index (κ1) is 19.4. The number of hydrogen-bond acceptors (Lipinski definition) is 4. The summed E-state index contributed by atoms with van der Waals surface area (Å²) in [6.07, 6.45) is 4.86. The van der Waals surface area contributed by atoms with Crippen LogP contribution >= 0.6 is 0 Å². The fourth-order valence-electron chi connectivity index (χ4n) is 6.21. The number of aliphatic hydroxyl groups is 1. The Labute approximate surface area is 167 Å². The highest BCUT2D eigenvalue weighted by molar-refractivity contribution is 5.83. The van der Waals surface area contributed by atoms with Gasteiger partial charge in [-0.05, 0) is 75.3 Å². The molecule has 1 aromatic rings. The molecule has 0 spiro atoms. The molecule has 4 fully saturated rings. The third-order valence-electron chi connectivity index (χ3n) is 7.12. The van der Waals surface area contributed by atoms with Crippen LogP contribution in [0.4, 0.5) is 0 Å². The number of likely N-dealkylation sites (N-methyl/N-ethyl adjacent to an activating group) is 1. The number of nitrogens with zero attached hydrogens (tertiary/aromatic N) is 1. The summed E-state index contributed by atoms with van der Waals surface area (Å²) < 4.78 is 5.50. The van der Waals surface area contributed by atoms with E-state index in [0.717, 1.165) is 43.2 Å². The minimum absolute atomic E-state index is 0.197. The predicted molar refractivity (Wildman–Crippen MR) is 105 cm³/mol. The molecule has 5 rings (SSSR count). The lowest BCUT2D eigenvalue weighted by Gasteiger charge is -2.58. The van der Waals surface area contributed by atoms with E-state index in [0.29, 0.717) is 24.8 Å². The Hall–Kier alpha value is -1.88. The molecule has 152 valence electrons. The van der Waals surface area contributed by atoms with Gasteiger partial charge in [-0.25, -0.2) is 0 Å². The van der Waals surface area contributed by atoms with Gasteiger partial charge in [0.15, 0.2) is 6.61 Å². The van der Waals surface area contributed by atoms with Crippen LogP contribution in [0.5, 0.6) is 0 Å². The average molecular weight is 386 g/mol. The molecule has 1 N–H and O–H groups in total. The van der Waals surface area contributed by atoms with E-state index in [1.807, 2.05) is 26.0 Å². The topological polar surface area (TPSA) is 66.8 Å². The number of aryl methyl sites for hydroxylation is 2. The first-order chi connectivity index (χ1) is 13.2. The normalized spacial score (nSPS) is 33.0. The van der Waals surface area contributed by atoms with Gasteiger partial charge in [-0.2, -0.15) is 0 Å². The van der Waals surface area contributed by atoms with Crippen molar-refractivity contribution in [3.63, 3.8) is 0 Å². The molecule has 1 amide bonds. The molecule has 2 unspecified atom stereocenters. The Morgan fingerprint density at radius 1 is 1.18 bits per heavy atom. The minimum atomic E-state index is -0.702. The van der Waals surface area contributed by atoms with Crippen LogP contribution in [0, 0.1) is 31.1 Å². The zero-order valence-corrected chi connectivity index (χ0v) is 17.2. The van der Waals surface area contributed by atoms with Crippen molar-refractivity contribution in [2.24, 2.45) is 17.3 Å². The summed E-state index contributed by atoms with van der Waals surface area (Å²) in [5.74, 6) is 0.355. The zero-order valence-electron chi connectivity index (χ0n) is 17.2. The van der Waals surface area contributed by atoms with Crippen molar-refractivity contribution >= 4 is 11.9 Å². The van der Waals surface area contributed by atoms with Crippen LogP contribution in [0.3, 0.4) is 0 Å². The van der Waals surface area contributed by atoms with Crippen LogP contribution in [-0.2, 0) is 20.9 Å². The lowest BCUT2D eigenvalue weighted by Crippen LogP contribution is -2.58. The number of carbonyl (C=O) groups is 2. The van der Waals surface area contributed by atoms with Gasteiger partial charge in [0, 0.05) is 13.6 Å². The molecular weight excluding hydrogens is 354 g/mol. The van der Waals surface area contributed by atoms with E-state index in [4.69, 9.17) is 4.74 Å². The van der Waals surface area contributed by atoms with Crippen molar-refractivity contribution in [3.8, 4) is 0 Å². The van der Waals surface area contributed by atoms with Crippen molar-refractivity contribution < 1.29 is 19.4 Å². The number of amides is 1. The van der Waals surface area contributed by atoms with Crippen LogP contribution < -0.4 is 0 Å². The fraction of sp³-hybridized carbons (Fsp3) is 0.652.